The third kappa shape index (κ3) is 4.18. The van der Waals surface area contributed by atoms with Crippen LogP contribution in [0.15, 0.2) is 55.0 Å². The van der Waals surface area contributed by atoms with Gasteiger partial charge in [-0.05, 0) is 29.3 Å². The number of benzene rings is 1. The minimum absolute atomic E-state index is 0.0452. The second-order valence-electron chi connectivity index (χ2n) is 7.57. The zero-order valence-electron chi connectivity index (χ0n) is 17.6. The highest BCUT2D eigenvalue weighted by Crippen LogP contribution is 2.26. The third-order valence-corrected chi connectivity index (χ3v) is 5.21. The molecule has 0 saturated heterocycles. The molecule has 0 spiro atoms. The maximum absolute atomic E-state index is 14.2. The Morgan fingerprint density at radius 1 is 1.06 bits per heavy atom. The Morgan fingerprint density at radius 2 is 1.88 bits per heavy atom. The molecule has 10 nitrogen and oxygen atoms in total. The molecule has 34 heavy (non-hydrogen) atoms. The van der Waals surface area contributed by atoms with Crippen molar-refractivity contribution in [3.8, 4) is 5.75 Å². The van der Waals surface area contributed by atoms with Crippen LogP contribution < -0.4 is 15.4 Å². The molecule has 1 aliphatic rings. The lowest BCUT2D eigenvalue weighted by molar-refractivity contribution is -0.131. The van der Waals surface area contributed by atoms with Crippen LogP contribution in [-0.4, -0.2) is 37.4 Å². The normalized spacial score (nSPS) is 12.3. The van der Waals surface area contributed by atoms with Crippen molar-refractivity contribution in [1.29, 1.82) is 0 Å². The molecule has 0 aliphatic carbocycles. The standard InChI is InChI=1S/C23H17FN6O4/c24-16-12-28-30-18(23(33)27-11-14-2-1-5-25-9-14)8-17(29-21(16)30)22(32)26-10-13-3-4-19-15(6-13)7-20(31)34-19/h1-6,8-9,12H,7,10-11H2,(H,26,32)(H,27,33). The fraction of sp³-hybridized carbons (Fsp3) is 0.130. The van der Waals surface area contributed by atoms with Gasteiger partial charge in [0.15, 0.2) is 11.5 Å². The second kappa shape index (κ2) is 8.70. The second-order valence-corrected chi connectivity index (χ2v) is 7.57. The van der Waals surface area contributed by atoms with Gasteiger partial charge in [-0.25, -0.2) is 13.9 Å². The average molecular weight is 460 g/mol. The van der Waals surface area contributed by atoms with Crippen molar-refractivity contribution < 1.29 is 23.5 Å². The van der Waals surface area contributed by atoms with Gasteiger partial charge in [0.05, 0.1) is 12.6 Å². The fourth-order valence-corrected chi connectivity index (χ4v) is 3.56. The summed E-state index contributed by atoms with van der Waals surface area (Å²) in [7, 11) is 0. The summed E-state index contributed by atoms with van der Waals surface area (Å²) < 4.78 is 20.3. The van der Waals surface area contributed by atoms with Crippen molar-refractivity contribution in [2.24, 2.45) is 0 Å². The molecule has 3 aromatic heterocycles. The van der Waals surface area contributed by atoms with Gasteiger partial charge in [0.2, 0.25) is 0 Å². The summed E-state index contributed by atoms with van der Waals surface area (Å²) >= 11 is 0. The highest BCUT2D eigenvalue weighted by Gasteiger charge is 2.22. The van der Waals surface area contributed by atoms with E-state index in [1.807, 2.05) is 0 Å². The smallest absolute Gasteiger partial charge is 0.315 e. The molecule has 4 heterocycles. The average Bonchev–Trinajstić information content (AvgIpc) is 3.42. The molecule has 0 fully saturated rings. The van der Waals surface area contributed by atoms with Crippen molar-refractivity contribution in [3.05, 3.63) is 88.9 Å². The molecule has 11 heteroatoms. The van der Waals surface area contributed by atoms with Crippen molar-refractivity contribution in [2.45, 2.75) is 19.5 Å². The van der Waals surface area contributed by atoms with Crippen LogP contribution in [0.5, 0.6) is 5.75 Å². The number of carbonyl (C=O) groups is 3. The number of rotatable bonds is 6. The quantitative estimate of drug-likeness (QED) is 0.330. The van der Waals surface area contributed by atoms with Crippen LogP contribution in [-0.2, 0) is 24.3 Å². The van der Waals surface area contributed by atoms with Gasteiger partial charge >= 0.3 is 5.97 Å². The van der Waals surface area contributed by atoms with E-state index in [9.17, 15) is 18.8 Å². The number of halogens is 1. The third-order valence-electron chi connectivity index (χ3n) is 5.21. The van der Waals surface area contributed by atoms with Crippen LogP contribution in [0.4, 0.5) is 4.39 Å². The number of carbonyl (C=O) groups excluding carboxylic acids is 3. The highest BCUT2D eigenvalue weighted by molar-refractivity contribution is 5.98. The fourth-order valence-electron chi connectivity index (χ4n) is 3.56. The van der Waals surface area contributed by atoms with Gasteiger partial charge in [-0.2, -0.15) is 5.10 Å². The molecule has 2 amide bonds. The van der Waals surface area contributed by atoms with Gasteiger partial charge in [0, 0.05) is 37.1 Å². The predicted octanol–water partition coefficient (Wildman–Crippen LogP) is 1.58. The monoisotopic (exact) mass is 460 g/mol. The first-order valence-corrected chi connectivity index (χ1v) is 10.3. The van der Waals surface area contributed by atoms with Gasteiger partial charge in [-0.15, -0.1) is 0 Å². The van der Waals surface area contributed by atoms with Gasteiger partial charge < -0.3 is 15.4 Å². The minimum Gasteiger partial charge on any atom is -0.426 e. The summed E-state index contributed by atoms with van der Waals surface area (Å²) in [6.07, 6.45) is 4.32. The summed E-state index contributed by atoms with van der Waals surface area (Å²) in [6.45, 7) is 0.323. The van der Waals surface area contributed by atoms with Gasteiger partial charge in [0.1, 0.15) is 17.1 Å². The zero-order chi connectivity index (χ0) is 23.7. The molecule has 0 saturated carbocycles. The first-order chi connectivity index (χ1) is 16.5. The van der Waals surface area contributed by atoms with Crippen molar-refractivity contribution in [3.63, 3.8) is 0 Å². The molecule has 5 rings (SSSR count). The van der Waals surface area contributed by atoms with Crippen LogP contribution in [0.3, 0.4) is 0 Å². The lowest BCUT2D eigenvalue weighted by Gasteiger charge is -2.10. The Labute approximate surface area is 191 Å². The maximum atomic E-state index is 14.2. The zero-order valence-corrected chi connectivity index (χ0v) is 17.6. The lowest BCUT2D eigenvalue weighted by Crippen LogP contribution is -2.28. The van der Waals surface area contributed by atoms with E-state index in [4.69, 9.17) is 4.74 Å². The SMILES string of the molecule is O=C1Cc2cc(CNC(=O)c3cc(C(=O)NCc4cccnc4)n4ncc(F)c4n3)ccc2O1. The Morgan fingerprint density at radius 3 is 2.71 bits per heavy atom. The summed E-state index contributed by atoms with van der Waals surface area (Å²) in [5.74, 6) is -1.75. The minimum atomic E-state index is -0.765. The summed E-state index contributed by atoms with van der Waals surface area (Å²) in [6, 6.07) is 9.94. The largest absolute Gasteiger partial charge is 0.426 e. The molecule has 2 N–H and O–H groups in total. The van der Waals surface area contributed by atoms with Crippen LogP contribution in [0.2, 0.25) is 0 Å². The van der Waals surface area contributed by atoms with E-state index < -0.39 is 17.6 Å². The van der Waals surface area contributed by atoms with E-state index in [0.29, 0.717) is 5.75 Å². The number of nitrogens with zero attached hydrogens (tertiary/aromatic N) is 4. The van der Waals surface area contributed by atoms with Crippen molar-refractivity contribution in [1.82, 2.24) is 30.2 Å². The molecular weight excluding hydrogens is 443 g/mol. The number of nitrogens with one attached hydrogen (secondary N) is 2. The van der Waals surface area contributed by atoms with Gasteiger partial charge in [0.25, 0.3) is 11.8 Å². The van der Waals surface area contributed by atoms with Crippen LogP contribution >= 0.6 is 0 Å². The van der Waals surface area contributed by atoms with E-state index in [1.165, 1.54) is 6.07 Å². The Bertz CT molecular complexity index is 1440. The molecule has 1 aromatic carbocycles. The number of esters is 1. The van der Waals surface area contributed by atoms with E-state index in [-0.39, 0.29) is 42.5 Å². The van der Waals surface area contributed by atoms with Gasteiger partial charge in [-0.1, -0.05) is 12.1 Å². The molecule has 170 valence electrons. The van der Waals surface area contributed by atoms with Crippen LogP contribution in [0.25, 0.3) is 5.65 Å². The number of ether oxygens (including phenoxy) is 1. The Balaban J connectivity index is 1.35. The van der Waals surface area contributed by atoms with E-state index in [1.54, 1.807) is 42.7 Å². The number of fused-ring (bicyclic) bond motifs is 2. The number of aromatic nitrogens is 4. The van der Waals surface area contributed by atoms with Crippen molar-refractivity contribution >= 4 is 23.4 Å². The number of hydrogen-bond acceptors (Lipinski definition) is 7. The Kier molecular flexibility index (Phi) is 5.42. The summed E-state index contributed by atoms with van der Waals surface area (Å²) in [5.41, 5.74) is 1.83. The van der Waals surface area contributed by atoms with E-state index in [0.717, 1.165) is 27.4 Å². The van der Waals surface area contributed by atoms with E-state index in [2.05, 4.69) is 25.7 Å². The predicted molar refractivity (Wildman–Crippen MR) is 115 cm³/mol. The topological polar surface area (TPSA) is 128 Å². The van der Waals surface area contributed by atoms with Crippen LogP contribution in [0, 0.1) is 5.82 Å². The molecular formula is C23H17FN6O4. The van der Waals surface area contributed by atoms with Crippen LogP contribution in [0.1, 0.15) is 37.7 Å². The Hall–Kier alpha value is -4.67. The molecule has 0 unspecified atom stereocenters. The first-order valence-electron chi connectivity index (χ1n) is 10.3. The molecule has 4 aromatic rings. The summed E-state index contributed by atoms with van der Waals surface area (Å²) in [4.78, 5) is 45.0. The number of pyridine rings is 1. The van der Waals surface area contributed by atoms with E-state index >= 15 is 0 Å². The first kappa shape index (κ1) is 21.2. The molecule has 0 radical (unpaired) electrons. The highest BCUT2D eigenvalue weighted by atomic mass is 19.1. The summed E-state index contributed by atoms with van der Waals surface area (Å²) in [5, 5.41) is 9.27. The molecule has 1 aliphatic heterocycles. The number of hydrogen-bond donors (Lipinski definition) is 2. The van der Waals surface area contributed by atoms with Gasteiger partial charge in [-0.3, -0.25) is 19.4 Å². The molecule has 0 bridgehead atoms. The maximum Gasteiger partial charge on any atom is 0.315 e. The van der Waals surface area contributed by atoms with Crippen molar-refractivity contribution in [2.75, 3.05) is 0 Å². The number of amides is 2. The lowest BCUT2D eigenvalue weighted by atomic mass is 10.1. The molecule has 0 atom stereocenters.